The third-order valence-corrected chi connectivity index (χ3v) is 4.83. The summed E-state index contributed by atoms with van der Waals surface area (Å²) in [6.07, 6.45) is 3.77. The molecule has 9 heteroatoms. The van der Waals surface area contributed by atoms with Crippen molar-refractivity contribution in [3.05, 3.63) is 0 Å². The molecule has 4 rings (SSSR count). The molecule has 24 heavy (non-hydrogen) atoms. The van der Waals surface area contributed by atoms with Crippen LogP contribution in [0.5, 0.6) is 0 Å². The Morgan fingerprint density at radius 1 is 1.08 bits per heavy atom. The van der Waals surface area contributed by atoms with Gasteiger partial charge in [0, 0.05) is 25.7 Å². The van der Waals surface area contributed by atoms with E-state index in [0.717, 1.165) is 37.8 Å². The molecule has 130 valence electrons. The van der Waals surface area contributed by atoms with Gasteiger partial charge in [-0.2, -0.15) is 0 Å². The summed E-state index contributed by atoms with van der Waals surface area (Å²) < 4.78 is 10.2. The van der Waals surface area contributed by atoms with Crippen molar-refractivity contribution < 1.29 is 9.37 Å². The van der Waals surface area contributed by atoms with Crippen LogP contribution in [0.2, 0.25) is 0 Å². The van der Waals surface area contributed by atoms with E-state index in [2.05, 4.69) is 42.4 Å². The van der Waals surface area contributed by atoms with E-state index in [9.17, 15) is 0 Å². The Balaban J connectivity index is 1.57. The van der Waals surface area contributed by atoms with Crippen molar-refractivity contribution in [3.63, 3.8) is 0 Å². The molecule has 2 aliphatic heterocycles. The Bertz CT molecular complexity index is 686. The second kappa shape index (κ2) is 6.86. The fourth-order valence-electron chi connectivity index (χ4n) is 3.36. The minimum Gasteiger partial charge on any atom is -0.378 e. The topological polar surface area (TPSA) is 92.4 Å². The third kappa shape index (κ3) is 3.13. The van der Waals surface area contributed by atoms with Crippen LogP contribution in [0.1, 0.15) is 19.3 Å². The molecule has 2 fully saturated rings. The number of piperidine rings is 1. The van der Waals surface area contributed by atoms with Crippen molar-refractivity contribution in [2.24, 2.45) is 0 Å². The predicted octanol–water partition coefficient (Wildman–Crippen LogP) is 0.746. The zero-order chi connectivity index (χ0) is 16.4. The van der Waals surface area contributed by atoms with Gasteiger partial charge in [0.05, 0.1) is 13.2 Å². The highest BCUT2D eigenvalue weighted by Crippen LogP contribution is 2.25. The lowest BCUT2D eigenvalue weighted by Gasteiger charge is -2.33. The first-order valence-electron chi connectivity index (χ1n) is 8.58. The Hall–Kier alpha value is -2.00. The first kappa shape index (κ1) is 15.5. The van der Waals surface area contributed by atoms with Gasteiger partial charge in [-0.25, -0.2) is 14.6 Å². The van der Waals surface area contributed by atoms with Crippen LogP contribution in [-0.4, -0.2) is 77.7 Å². The summed E-state index contributed by atoms with van der Waals surface area (Å²) in [4.78, 5) is 13.8. The number of likely N-dealkylation sites (N-methyl/N-ethyl adjacent to an activating group) is 1. The second-order valence-electron chi connectivity index (χ2n) is 6.42. The summed E-state index contributed by atoms with van der Waals surface area (Å²) in [5.74, 6) is 1.55. The third-order valence-electron chi connectivity index (χ3n) is 4.83. The van der Waals surface area contributed by atoms with Crippen molar-refractivity contribution >= 4 is 22.9 Å². The number of rotatable bonds is 4. The molecule has 4 heterocycles. The van der Waals surface area contributed by atoms with Crippen LogP contribution in [0.15, 0.2) is 4.63 Å². The second-order valence-corrected chi connectivity index (χ2v) is 6.42. The molecule has 9 nitrogen and oxygen atoms in total. The van der Waals surface area contributed by atoms with Crippen LogP contribution >= 0.6 is 0 Å². The summed E-state index contributed by atoms with van der Waals surface area (Å²) in [6, 6.07) is 0.518. The largest absolute Gasteiger partial charge is 0.378 e. The summed E-state index contributed by atoms with van der Waals surface area (Å²) in [7, 11) is 2.19. The minimum atomic E-state index is 0.437. The fraction of sp³-hybridized carbons (Fsp3) is 0.733. The van der Waals surface area contributed by atoms with Gasteiger partial charge in [0.1, 0.15) is 0 Å². The van der Waals surface area contributed by atoms with Crippen molar-refractivity contribution in [3.8, 4) is 0 Å². The molecule has 0 bridgehead atoms. The Labute approximate surface area is 140 Å². The molecule has 0 aliphatic carbocycles. The van der Waals surface area contributed by atoms with E-state index >= 15 is 0 Å². The fourth-order valence-corrected chi connectivity index (χ4v) is 3.36. The molecule has 1 atom stereocenters. The van der Waals surface area contributed by atoms with Gasteiger partial charge in [0.2, 0.25) is 11.3 Å². The number of ether oxygens (including phenoxy) is 1. The van der Waals surface area contributed by atoms with Crippen LogP contribution < -0.4 is 10.2 Å². The molecule has 0 aromatic carbocycles. The van der Waals surface area contributed by atoms with E-state index in [1.54, 1.807) is 0 Å². The van der Waals surface area contributed by atoms with Crippen molar-refractivity contribution in [1.82, 2.24) is 25.2 Å². The number of hydrogen-bond donors (Lipinski definition) is 1. The standard InChI is InChI=1S/C15H23N7O2/c1-21-5-3-2-4-11(21)10-16-14-15(22-6-8-23-9-7-22)18-13-12(17-14)19-24-20-13/h11H,2-10H2,1H3,(H,16,17,19)/t11-/m0/s1. The Morgan fingerprint density at radius 3 is 2.67 bits per heavy atom. The zero-order valence-electron chi connectivity index (χ0n) is 13.9. The van der Waals surface area contributed by atoms with E-state index in [-0.39, 0.29) is 0 Å². The van der Waals surface area contributed by atoms with Crippen LogP contribution in [0.25, 0.3) is 11.3 Å². The molecule has 1 N–H and O–H groups in total. The smallest absolute Gasteiger partial charge is 0.245 e. The lowest BCUT2D eigenvalue weighted by Crippen LogP contribution is -2.41. The molecule has 0 unspecified atom stereocenters. The molecule has 0 spiro atoms. The lowest BCUT2D eigenvalue weighted by molar-refractivity contribution is 0.122. The van der Waals surface area contributed by atoms with Gasteiger partial charge in [-0.3, -0.25) is 0 Å². The molecule has 0 radical (unpaired) electrons. The Kier molecular flexibility index (Phi) is 4.44. The molecule has 2 saturated heterocycles. The number of morpholine rings is 1. The lowest BCUT2D eigenvalue weighted by atomic mass is 10.0. The van der Waals surface area contributed by atoms with Gasteiger partial charge in [-0.05, 0) is 36.7 Å². The average Bonchev–Trinajstić information content (AvgIpc) is 3.08. The number of likely N-dealkylation sites (tertiary alicyclic amines) is 1. The highest BCUT2D eigenvalue weighted by molar-refractivity contribution is 5.74. The van der Waals surface area contributed by atoms with E-state index in [0.29, 0.717) is 30.5 Å². The van der Waals surface area contributed by atoms with Gasteiger partial charge < -0.3 is 19.9 Å². The Morgan fingerprint density at radius 2 is 1.88 bits per heavy atom. The summed E-state index contributed by atoms with van der Waals surface area (Å²) in [6.45, 7) is 4.98. The van der Waals surface area contributed by atoms with Crippen LogP contribution in [0.4, 0.5) is 11.6 Å². The number of nitrogens with zero attached hydrogens (tertiary/aromatic N) is 6. The molecule has 0 saturated carbocycles. The summed E-state index contributed by atoms with van der Waals surface area (Å²) in [5.41, 5.74) is 0.878. The van der Waals surface area contributed by atoms with E-state index in [4.69, 9.17) is 9.37 Å². The van der Waals surface area contributed by atoms with Crippen molar-refractivity contribution in [2.45, 2.75) is 25.3 Å². The molecular weight excluding hydrogens is 310 g/mol. The maximum atomic E-state index is 5.44. The number of fused-ring (bicyclic) bond motifs is 1. The van der Waals surface area contributed by atoms with Crippen molar-refractivity contribution in [1.29, 1.82) is 0 Å². The monoisotopic (exact) mass is 333 g/mol. The van der Waals surface area contributed by atoms with E-state index < -0.39 is 0 Å². The van der Waals surface area contributed by atoms with Crippen molar-refractivity contribution in [2.75, 3.05) is 56.7 Å². The van der Waals surface area contributed by atoms with Gasteiger partial charge in [-0.1, -0.05) is 6.42 Å². The highest BCUT2D eigenvalue weighted by atomic mass is 16.6. The number of hydrogen-bond acceptors (Lipinski definition) is 9. The van der Waals surface area contributed by atoms with E-state index in [1.807, 2.05) is 0 Å². The quantitative estimate of drug-likeness (QED) is 0.869. The van der Waals surface area contributed by atoms with Crippen LogP contribution in [0, 0.1) is 0 Å². The van der Waals surface area contributed by atoms with E-state index in [1.165, 1.54) is 19.3 Å². The predicted molar refractivity (Wildman–Crippen MR) is 89.2 cm³/mol. The normalized spacial score (nSPS) is 22.9. The molecule has 2 aliphatic rings. The maximum Gasteiger partial charge on any atom is 0.245 e. The average molecular weight is 333 g/mol. The van der Waals surface area contributed by atoms with Gasteiger partial charge in [0.15, 0.2) is 11.6 Å². The summed E-state index contributed by atoms with van der Waals surface area (Å²) in [5, 5.41) is 11.1. The first-order chi connectivity index (χ1) is 11.8. The first-order valence-corrected chi connectivity index (χ1v) is 8.58. The summed E-state index contributed by atoms with van der Waals surface area (Å²) >= 11 is 0. The number of nitrogens with one attached hydrogen (secondary N) is 1. The van der Waals surface area contributed by atoms with Gasteiger partial charge in [-0.15, -0.1) is 0 Å². The molecule has 0 amide bonds. The van der Waals surface area contributed by atoms with Gasteiger partial charge >= 0.3 is 0 Å². The molecule has 2 aromatic heterocycles. The highest BCUT2D eigenvalue weighted by Gasteiger charge is 2.23. The van der Waals surface area contributed by atoms with Crippen LogP contribution in [-0.2, 0) is 4.74 Å². The number of anilines is 2. The minimum absolute atomic E-state index is 0.437. The molecule has 2 aromatic rings. The molecular formula is C15H23N7O2. The maximum absolute atomic E-state index is 5.44. The van der Waals surface area contributed by atoms with Crippen LogP contribution in [0.3, 0.4) is 0 Å². The zero-order valence-corrected chi connectivity index (χ0v) is 13.9. The number of aromatic nitrogens is 4. The SMILES string of the molecule is CN1CCCC[C@H]1CNc1nc2nonc2nc1N1CCOCC1. The van der Waals surface area contributed by atoms with Gasteiger partial charge in [0.25, 0.3) is 0 Å².